The number of anilines is 2. The molecule has 0 aliphatic carbocycles. The summed E-state index contributed by atoms with van der Waals surface area (Å²) >= 11 is 3.24. The first kappa shape index (κ1) is 22.8. The number of nitrogens with zero attached hydrogens (tertiary/aromatic N) is 2. The number of carbonyl (C=O) groups is 2. The third-order valence-electron chi connectivity index (χ3n) is 4.82. The van der Waals surface area contributed by atoms with Crippen LogP contribution >= 0.6 is 23.1 Å². The molecule has 0 aliphatic heterocycles. The zero-order valence-electron chi connectivity index (χ0n) is 18.3. The van der Waals surface area contributed by atoms with Gasteiger partial charge in [-0.1, -0.05) is 29.1 Å². The van der Waals surface area contributed by atoms with Gasteiger partial charge in [-0.05, 0) is 55.8 Å². The minimum atomic E-state index is -0.224. The van der Waals surface area contributed by atoms with Crippen LogP contribution in [0, 0.1) is 13.8 Å². The van der Waals surface area contributed by atoms with Crippen molar-refractivity contribution in [3.63, 3.8) is 0 Å². The molecule has 0 atom stereocenters. The minimum Gasteiger partial charge on any atom is -0.361 e. The molecule has 2 amide bonds. The molecule has 9 heteroatoms. The van der Waals surface area contributed by atoms with Crippen LogP contribution in [0.5, 0.6) is 0 Å². The molecule has 0 radical (unpaired) electrons. The largest absolute Gasteiger partial charge is 0.361 e. The monoisotopic (exact) mass is 478 g/mol. The van der Waals surface area contributed by atoms with E-state index < -0.39 is 0 Å². The molecule has 33 heavy (non-hydrogen) atoms. The zero-order valence-corrected chi connectivity index (χ0v) is 20.0. The Morgan fingerprint density at radius 3 is 2.55 bits per heavy atom. The molecule has 4 aromatic rings. The number of aromatic nitrogens is 2. The van der Waals surface area contributed by atoms with Gasteiger partial charge in [0.15, 0.2) is 4.34 Å². The lowest BCUT2D eigenvalue weighted by molar-refractivity contribution is -0.114. The summed E-state index contributed by atoms with van der Waals surface area (Å²) in [6.45, 7) is 5.32. The Hall–Kier alpha value is -3.43. The highest BCUT2D eigenvalue weighted by molar-refractivity contribution is 8.00. The second-order valence-corrected chi connectivity index (χ2v) is 9.63. The van der Waals surface area contributed by atoms with Crippen molar-refractivity contribution in [1.82, 2.24) is 10.1 Å². The lowest BCUT2D eigenvalue weighted by Crippen LogP contribution is -2.07. The lowest BCUT2D eigenvalue weighted by Gasteiger charge is -2.03. The molecular weight excluding hydrogens is 456 g/mol. The fourth-order valence-electron chi connectivity index (χ4n) is 3.12. The normalized spacial score (nSPS) is 11.2. The molecule has 0 unspecified atom stereocenters. The first-order chi connectivity index (χ1) is 15.9. The molecule has 168 valence electrons. The average molecular weight is 479 g/mol. The summed E-state index contributed by atoms with van der Waals surface area (Å²) < 4.78 is 7.18. The van der Waals surface area contributed by atoms with Gasteiger partial charge in [0.25, 0.3) is 0 Å². The Bertz CT molecular complexity index is 1320. The van der Waals surface area contributed by atoms with Crippen molar-refractivity contribution in [3.05, 3.63) is 71.1 Å². The second kappa shape index (κ2) is 10.0. The van der Waals surface area contributed by atoms with Crippen LogP contribution in [-0.2, 0) is 15.3 Å². The average Bonchev–Trinajstić information content (AvgIpc) is 3.33. The van der Waals surface area contributed by atoms with Crippen LogP contribution in [0.2, 0.25) is 0 Å². The van der Waals surface area contributed by atoms with E-state index in [1.165, 1.54) is 13.0 Å². The molecular formula is C24H22N4O3S2. The number of thioether (sulfide) groups is 1. The van der Waals surface area contributed by atoms with Crippen LogP contribution in [0.25, 0.3) is 16.3 Å². The third kappa shape index (κ3) is 5.88. The number of aryl methyl sites for hydroxylation is 2. The highest BCUT2D eigenvalue weighted by atomic mass is 32.2. The molecule has 4 rings (SSSR count). The minimum absolute atomic E-state index is 0.123. The van der Waals surface area contributed by atoms with E-state index in [1.807, 2.05) is 44.2 Å². The van der Waals surface area contributed by atoms with Crippen LogP contribution in [0.3, 0.4) is 0 Å². The Morgan fingerprint density at radius 1 is 1.09 bits per heavy atom. The standard InChI is InChI=1S/C24H22N4O3S2/c1-14-20(15(2)31-28-14)13-32-24-27-21-10-9-19(12-22(21)33-24)26-23(30)11-6-17-4-7-18(8-5-17)25-16(3)29/h4-12H,13H2,1-3H3,(H,25,29)(H,26,30). The summed E-state index contributed by atoms with van der Waals surface area (Å²) in [5, 5.41) is 9.59. The summed E-state index contributed by atoms with van der Waals surface area (Å²) in [5.74, 6) is 1.24. The zero-order chi connectivity index (χ0) is 23.4. The highest BCUT2D eigenvalue weighted by Crippen LogP contribution is 2.34. The van der Waals surface area contributed by atoms with Gasteiger partial charge in [-0.15, -0.1) is 11.3 Å². The summed E-state index contributed by atoms with van der Waals surface area (Å²) in [7, 11) is 0. The molecule has 0 aliphatic rings. The van der Waals surface area contributed by atoms with E-state index in [0.29, 0.717) is 11.4 Å². The van der Waals surface area contributed by atoms with E-state index in [9.17, 15) is 9.59 Å². The number of nitrogens with one attached hydrogen (secondary N) is 2. The van der Waals surface area contributed by atoms with E-state index in [-0.39, 0.29) is 11.8 Å². The van der Waals surface area contributed by atoms with Gasteiger partial charge in [-0.25, -0.2) is 4.98 Å². The number of hydrogen-bond acceptors (Lipinski definition) is 7. The van der Waals surface area contributed by atoms with Gasteiger partial charge in [-0.2, -0.15) is 0 Å². The second-order valence-electron chi connectivity index (χ2n) is 7.38. The van der Waals surface area contributed by atoms with Crippen LogP contribution in [0.4, 0.5) is 11.4 Å². The molecule has 7 nitrogen and oxygen atoms in total. The number of carbonyl (C=O) groups excluding carboxylic acids is 2. The maximum atomic E-state index is 12.4. The number of thiazole rings is 1. The van der Waals surface area contributed by atoms with Gasteiger partial charge in [0.1, 0.15) is 5.76 Å². The van der Waals surface area contributed by atoms with Gasteiger partial charge in [0.05, 0.1) is 15.9 Å². The lowest BCUT2D eigenvalue weighted by atomic mass is 10.2. The molecule has 0 saturated heterocycles. The Balaban J connectivity index is 1.37. The molecule has 0 spiro atoms. The van der Waals surface area contributed by atoms with Crippen molar-refractivity contribution < 1.29 is 14.1 Å². The van der Waals surface area contributed by atoms with Gasteiger partial charge in [0.2, 0.25) is 11.8 Å². The number of hydrogen-bond donors (Lipinski definition) is 2. The predicted octanol–water partition coefficient (Wildman–Crippen LogP) is 5.80. The van der Waals surface area contributed by atoms with Gasteiger partial charge >= 0.3 is 0 Å². The SMILES string of the molecule is CC(=O)Nc1ccc(C=CC(=O)Nc2ccc3nc(SCc4c(C)noc4C)sc3c2)cc1. The van der Waals surface area contributed by atoms with Crippen LogP contribution in [-0.4, -0.2) is 22.0 Å². The van der Waals surface area contributed by atoms with E-state index in [1.54, 1.807) is 41.3 Å². The van der Waals surface area contributed by atoms with Crippen molar-refractivity contribution in [1.29, 1.82) is 0 Å². The number of fused-ring (bicyclic) bond motifs is 1. The molecule has 2 N–H and O–H groups in total. The molecule has 0 saturated carbocycles. The fourth-order valence-corrected chi connectivity index (χ4v) is 5.38. The van der Waals surface area contributed by atoms with Gasteiger partial charge in [-0.3, -0.25) is 9.59 Å². The maximum absolute atomic E-state index is 12.4. The van der Waals surface area contributed by atoms with Crippen molar-refractivity contribution in [3.8, 4) is 0 Å². The molecule has 2 aromatic heterocycles. The van der Waals surface area contributed by atoms with Crippen LogP contribution < -0.4 is 10.6 Å². The van der Waals surface area contributed by atoms with E-state index >= 15 is 0 Å². The van der Waals surface area contributed by atoms with Crippen molar-refractivity contribution >= 4 is 62.6 Å². The molecule has 2 heterocycles. The van der Waals surface area contributed by atoms with Crippen LogP contribution in [0.1, 0.15) is 29.5 Å². The van der Waals surface area contributed by atoms with Crippen molar-refractivity contribution in [2.75, 3.05) is 10.6 Å². The number of amides is 2. The first-order valence-electron chi connectivity index (χ1n) is 10.2. The van der Waals surface area contributed by atoms with E-state index in [0.717, 1.165) is 42.9 Å². The van der Waals surface area contributed by atoms with Gasteiger partial charge in [0, 0.05) is 35.7 Å². The predicted molar refractivity (Wildman–Crippen MR) is 134 cm³/mol. The smallest absolute Gasteiger partial charge is 0.248 e. The van der Waals surface area contributed by atoms with Crippen LogP contribution in [0.15, 0.2) is 57.4 Å². The number of benzene rings is 2. The van der Waals surface area contributed by atoms with E-state index in [4.69, 9.17) is 4.52 Å². The number of rotatable bonds is 7. The summed E-state index contributed by atoms with van der Waals surface area (Å²) in [4.78, 5) is 28.1. The summed E-state index contributed by atoms with van der Waals surface area (Å²) in [6, 6.07) is 12.9. The van der Waals surface area contributed by atoms with Crippen molar-refractivity contribution in [2.45, 2.75) is 30.9 Å². The fraction of sp³-hybridized carbons (Fsp3) is 0.167. The Labute approximate surface area is 199 Å². The summed E-state index contributed by atoms with van der Waals surface area (Å²) in [5.41, 5.74) is 5.19. The quantitative estimate of drug-likeness (QED) is 0.257. The van der Waals surface area contributed by atoms with Gasteiger partial charge < -0.3 is 15.2 Å². The van der Waals surface area contributed by atoms with E-state index in [2.05, 4.69) is 20.8 Å². The first-order valence-corrected chi connectivity index (χ1v) is 12.0. The topological polar surface area (TPSA) is 97.1 Å². The van der Waals surface area contributed by atoms with Crippen molar-refractivity contribution in [2.24, 2.45) is 0 Å². The molecule has 0 fully saturated rings. The maximum Gasteiger partial charge on any atom is 0.248 e. The molecule has 0 bridgehead atoms. The Morgan fingerprint density at radius 2 is 1.85 bits per heavy atom. The Kier molecular flexibility index (Phi) is 6.90. The highest BCUT2D eigenvalue weighted by Gasteiger charge is 2.12. The molecule has 2 aromatic carbocycles. The summed E-state index contributed by atoms with van der Waals surface area (Å²) in [6.07, 6.45) is 3.21. The third-order valence-corrected chi connectivity index (χ3v) is 7.00.